The highest BCUT2D eigenvalue weighted by molar-refractivity contribution is 7.91. The molecule has 2 aliphatic heterocycles. The average Bonchev–Trinajstić information content (AvgIpc) is 2.98. The molecule has 2 amide bonds. The number of sulfone groups is 1. The van der Waals surface area contributed by atoms with E-state index in [2.05, 4.69) is 0 Å². The van der Waals surface area contributed by atoms with Crippen molar-refractivity contribution >= 4 is 27.2 Å². The molecule has 2 aromatic rings. The van der Waals surface area contributed by atoms with Gasteiger partial charge >= 0.3 is 6.03 Å². The van der Waals surface area contributed by atoms with E-state index in [1.807, 2.05) is 62.4 Å². The van der Waals surface area contributed by atoms with Crippen LogP contribution in [0.25, 0.3) is 0 Å². The lowest BCUT2D eigenvalue weighted by atomic mass is 10.1. The van der Waals surface area contributed by atoms with Crippen LogP contribution >= 0.6 is 0 Å². The summed E-state index contributed by atoms with van der Waals surface area (Å²) in [7, 11) is -3.17. The van der Waals surface area contributed by atoms with Crippen molar-refractivity contribution in [2.24, 2.45) is 0 Å². The van der Waals surface area contributed by atoms with Crippen LogP contribution in [0, 0.1) is 13.8 Å². The molecule has 0 aliphatic carbocycles. The van der Waals surface area contributed by atoms with E-state index in [0.717, 1.165) is 22.5 Å². The van der Waals surface area contributed by atoms with Crippen LogP contribution in [0.1, 0.15) is 11.1 Å². The van der Waals surface area contributed by atoms with Gasteiger partial charge in [-0.1, -0.05) is 35.9 Å². The lowest BCUT2D eigenvalue weighted by Gasteiger charge is -2.24. The summed E-state index contributed by atoms with van der Waals surface area (Å²) in [6, 6.07) is 14.4. The first-order chi connectivity index (χ1) is 11.9. The second-order valence-electron chi connectivity index (χ2n) is 6.86. The minimum Gasteiger partial charge on any atom is -0.288 e. The van der Waals surface area contributed by atoms with Crippen molar-refractivity contribution in [3.8, 4) is 0 Å². The third kappa shape index (κ3) is 2.61. The average molecular weight is 356 g/mol. The van der Waals surface area contributed by atoms with Crippen molar-refractivity contribution in [2.45, 2.75) is 25.9 Å². The fourth-order valence-corrected chi connectivity index (χ4v) is 5.87. The predicted molar refractivity (Wildman–Crippen MR) is 98.9 cm³/mol. The minimum atomic E-state index is -3.17. The number of hydrogen-bond acceptors (Lipinski definition) is 3. The van der Waals surface area contributed by atoms with Gasteiger partial charge in [-0.15, -0.1) is 0 Å². The standard InChI is InChI=1S/C19H20N2O3S/c1-13-8-9-16(14(2)10-13)21-18-12-25(23,24)11-17(18)20(19(21)22)15-6-4-3-5-7-15/h3-10,17-18H,11-12H2,1-2H3/t17-,18+/m1/s1. The Kier molecular flexibility index (Phi) is 3.61. The number of fused-ring (bicyclic) bond motifs is 1. The number of para-hydroxylation sites is 1. The number of benzene rings is 2. The Labute approximate surface area is 147 Å². The van der Waals surface area contributed by atoms with Crippen LogP contribution in [0.4, 0.5) is 16.2 Å². The monoisotopic (exact) mass is 356 g/mol. The van der Waals surface area contributed by atoms with Gasteiger partial charge in [0.2, 0.25) is 0 Å². The Hall–Kier alpha value is -2.34. The molecule has 2 fully saturated rings. The molecule has 130 valence electrons. The maximum absolute atomic E-state index is 13.2. The largest absolute Gasteiger partial charge is 0.329 e. The molecular weight excluding hydrogens is 336 g/mol. The Morgan fingerprint density at radius 3 is 2.20 bits per heavy atom. The molecule has 2 heterocycles. The molecule has 0 spiro atoms. The second-order valence-corrected chi connectivity index (χ2v) is 9.01. The molecular formula is C19H20N2O3S. The fraction of sp³-hybridized carbons (Fsp3) is 0.316. The van der Waals surface area contributed by atoms with Crippen LogP contribution in [-0.4, -0.2) is 38.0 Å². The highest BCUT2D eigenvalue weighted by atomic mass is 32.2. The molecule has 0 aromatic heterocycles. The van der Waals surface area contributed by atoms with Gasteiger partial charge in [-0.2, -0.15) is 0 Å². The SMILES string of the molecule is Cc1ccc(N2C(=O)N(c3ccccc3)[C@@H]3CS(=O)(=O)C[C@@H]32)c(C)c1. The molecule has 2 aromatic carbocycles. The molecule has 2 saturated heterocycles. The summed E-state index contributed by atoms with van der Waals surface area (Å²) in [5, 5.41) is 0. The van der Waals surface area contributed by atoms with Gasteiger partial charge in [0, 0.05) is 11.4 Å². The summed E-state index contributed by atoms with van der Waals surface area (Å²) >= 11 is 0. The van der Waals surface area contributed by atoms with Crippen LogP contribution in [0.2, 0.25) is 0 Å². The van der Waals surface area contributed by atoms with Crippen molar-refractivity contribution in [3.05, 3.63) is 59.7 Å². The van der Waals surface area contributed by atoms with Crippen LogP contribution in [0.15, 0.2) is 48.5 Å². The molecule has 0 saturated carbocycles. The molecule has 2 atom stereocenters. The molecule has 5 nitrogen and oxygen atoms in total. The smallest absolute Gasteiger partial charge is 0.288 e. The molecule has 0 unspecified atom stereocenters. The number of rotatable bonds is 2. The summed E-state index contributed by atoms with van der Waals surface area (Å²) < 4.78 is 24.6. The Morgan fingerprint density at radius 2 is 1.56 bits per heavy atom. The number of carbonyl (C=O) groups excluding carboxylic acids is 1. The number of carbonyl (C=O) groups is 1. The van der Waals surface area contributed by atoms with Gasteiger partial charge in [-0.05, 0) is 37.6 Å². The van der Waals surface area contributed by atoms with E-state index in [0.29, 0.717) is 0 Å². The lowest BCUT2D eigenvalue weighted by molar-refractivity contribution is 0.255. The quantitative estimate of drug-likeness (QED) is 0.778. The normalized spacial score (nSPS) is 24.6. The molecule has 0 N–H and O–H groups in total. The topological polar surface area (TPSA) is 57.7 Å². The lowest BCUT2D eigenvalue weighted by Crippen LogP contribution is -2.38. The first-order valence-electron chi connectivity index (χ1n) is 8.32. The summed E-state index contributed by atoms with van der Waals surface area (Å²) in [6.45, 7) is 3.96. The minimum absolute atomic E-state index is 0.0136. The van der Waals surface area contributed by atoms with Crippen molar-refractivity contribution in [3.63, 3.8) is 0 Å². The van der Waals surface area contributed by atoms with E-state index >= 15 is 0 Å². The highest BCUT2D eigenvalue weighted by Crippen LogP contribution is 2.38. The zero-order valence-corrected chi connectivity index (χ0v) is 15.0. The number of urea groups is 1. The van der Waals surface area contributed by atoms with Gasteiger partial charge in [0.1, 0.15) is 0 Å². The summed E-state index contributed by atoms with van der Waals surface area (Å²) in [4.78, 5) is 16.6. The molecule has 0 radical (unpaired) electrons. The van der Waals surface area contributed by atoms with E-state index in [1.165, 1.54) is 0 Å². The number of nitrogens with zero attached hydrogens (tertiary/aromatic N) is 2. The number of anilines is 2. The summed E-state index contributed by atoms with van der Waals surface area (Å²) in [6.07, 6.45) is 0. The maximum atomic E-state index is 13.2. The van der Waals surface area contributed by atoms with Crippen LogP contribution in [0.3, 0.4) is 0 Å². The van der Waals surface area contributed by atoms with E-state index in [4.69, 9.17) is 0 Å². The Morgan fingerprint density at radius 1 is 0.920 bits per heavy atom. The summed E-state index contributed by atoms with van der Waals surface area (Å²) in [5.74, 6) is 0.0275. The molecule has 2 aliphatic rings. The van der Waals surface area contributed by atoms with E-state index in [1.54, 1.807) is 9.80 Å². The van der Waals surface area contributed by atoms with Gasteiger partial charge in [0.15, 0.2) is 9.84 Å². The first kappa shape index (κ1) is 16.1. The fourth-order valence-electron chi connectivity index (χ4n) is 3.95. The van der Waals surface area contributed by atoms with E-state index in [9.17, 15) is 13.2 Å². The molecule has 6 heteroatoms. The number of amides is 2. The second kappa shape index (κ2) is 5.59. The van der Waals surface area contributed by atoms with Crippen LogP contribution in [0.5, 0.6) is 0 Å². The van der Waals surface area contributed by atoms with Gasteiger partial charge in [-0.25, -0.2) is 13.2 Å². The van der Waals surface area contributed by atoms with E-state index < -0.39 is 9.84 Å². The van der Waals surface area contributed by atoms with E-state index in [-0.39, 0.29) is 29.6 Å². The van der Waals surface area contributed by atoms with Gasteiger partial charge in [-0.3, -0.25) is 9.80 Å². The summed E-state index contributed by atoms with van der Waals surface area (Å²) in [5.41, 5.74) is 3.63. The Bertz CT molecular complexity index is 940. The van der Waals surface area contributed by atoms with Crippen molar-refractivity contribution in [1.82, 2.24) is 0 Å². The maximum Gasteiger partial charge on any atom is 0.329 e. The first-order valence-corrected chi connectivity index (χ1v) is 10.1. The molecule has 25 heavy (non-hydrogen) atoms. The Balaban J connectivity index is 1.83. The number of hydrogen-bond donors (Lipinski definition) is 0. The molecule has 0 bridgehead atoms. The van der Waals surface area contributed by atoms with Crippen molar-refractivity contribution in [1.29, 1.82) is 0 Å². The van der Waals surface area contributed by atoms with Crippen LogP contribution in [-0.2, 0) is 9.84 Å². The zero-order valence-electron chi connectivity index (χ0n) is 14.2. The van der Waals surface area contributed by atoms with Crippen molar-refractivity contribution in [2.75, 3.05) is 21.3 Å². The van der Waals surface area contributed by atoms with Gasteiger partial charge in [0.05, 0.1) is 23.6 Å². The van der Waals surface area contributed by atoms with Crippen LogP contribution < -0.4 is 9.80 Å². The highest BCUT2D eigenvalue weighted by Gasteiger charge is 2.54. The third-order valence-electron chi connectivity index (χ3n) is 5.02. The van der Waals surface area contributed by atoms with Crippen molar-refractivity contribution < 1.29 is 13.2 Å². The zero-order chi connectivity index (χ0) is 17.8. The third-order valence-corrected chi connectivity index (χ3v) is 6.71. The van der Waals surface area contributed by atoms with Gasteiger partial charge in [0.25, 0.3) is 0 Å². The predicted octanol–water partition coefficient (Wildman–Crippen LogP) is 2.92. The molecule has 4 rings (SSSR count). The number of aryl methyl sites for hydroxylation is 2. The van der Waals surface area contributed by atoms with Gasteiger partial charge < -0.3 is 0 Å².